The van der Waals surface area contributed by atoms with Gasteiger partial charge in [0.1, 0.15) is 11.4 Å². The van der Waals surface area contributed by atoms with E-state index in [2.05, 4.69) is 5.32 Å². The summed E-state index contributed by atoms with van der Waals surface area (Å²) in [6.45, 7) is 0.276. The second-order valence-corrected chi connectivity index (χ2v) is 8.19. The van der Waals surface area contributed by atoms with Crippen LogP contribution in [0.1, 0.15) is 54.4 Å². The second-order valence-electron chi connectivity index (χ2n) is 8.19. The fourth-order valence-corrected chi connectivity index (χ4v) is 4.24. The molecule has 0 aliphatic heterocycles. The van der Waals surface area contributed by atoms with Gasteiger partial charge >= 0.3 is 0 Å². The van der Waals surface area contributed by atoms with Crippen LogP contribution in [0.15, 0.2) is 71.7 Å². The minimum Gasteiger partial charge on any atom is -0.349 e. The summed E-state index contributed by atoms with van der Waals surface area (Å²) in [5.41, 5.74) is 2.09. The van der Waals surface area contributed by atoms with Gasteiger partial charge in [-0.2, -0.15) is 0 Å². The Balaban J connectivity index is 1.70. The Labute approximate surface area is 181 Å². The van der Waals surface area contributed by atoms with E-state index in [4.69, 9.17) is 0 Å². The van der Waals surface area contributed by atoms with E-state index in [1.54, 1.807) is 18.3 Å². The van der Waals surface area contributed by atoms with Gasteiger partial charge in [0.2, 0.25) is 0 Å². The number of nitrogens with one attached hydrogen (secondary N) is 1. The Morgan fingerprint density at radius 1 is 0.935 bits per heavy atom. The Morgan fingerprint density at radius 3 is 2.29 bits per heavy atom. The molecule has 4 nitrogen and oxygen atoms in total. The molecule has 1 amide bonds. The van der Waals surface area contributed by atoms with Crippen molar-refractivity contribution in [2.75, 3.05) is 0 Å². The topological polar surface area (TPSA) is 51.1 Å². The molecule has 1 aromatic heterocycles. The first-order valence-corrected chi connectivity index (χ1v) is 11.0. The molecule has 3 aromatic rings. The summed E-state index contributed by atoms with van der Waals surface area (Å²) in [6, 6.07) is 17.5. The van der Waals surface area contributed by atoms with E-state index in [1.807, 2.05) is 36.4 Å². The summed E-state index contributed by atoms with van der Waals surface area (Å²) in [5.74, 6) is -0.636. The van der Waals surface area contributed by atoms with Crippen molar-refractivity contribution in [1.82, 2.24) is 9.88 Å². The summed E-state index contributed by atoms with van der Waals surface area (Å²) in [4.78, 5) is 26.7. The zero-order valence-electron chi connectivity index (χ0n) is 17.5. The number of carbonyl (C=O) groups excluding carboxylic acids is 1. The lowest BCUT2D eigenvalue weighted by atomic mass is 10.00. The minimum atomic E-state index is -0.336. The van der Waals surface area contributed by atoms with Crippen molar-refractivity contribution in [3.05, 3.63) is 94.2 Å². The van der Waals surface area contributed by atoms with Crippen LogP contribution >= 0.6 is 0 Å². The van der Waals surface area contributed by atoms with Gasteiger partial charge in [0.25, 0.3) is 11.5 Å². The molecule has 1 aliphatic rings. The zero-order valence-corrected chi connectivity index (χ0v) is 17.5. The number of carbonyl (C=O) groups is 1. The summed E-state index contributed by atoms with van der Waals surface area (Å²) < 4.78 is 14.8. The molecule has 4 rings (SSSR count). The molecular weight excluding hydrogens is 391 g/mol. The van der Waals surface area contributed by atoms with Gasteiger partial charge in [0.05, 0.1) is 6.54 Å². The number of hydrogen-bond acceptors (Lipinski definition) is 2. The number of pyridine rings is 1. The van der Waals surface area contributed by atoms with Crippen LogP contribution in [0.3, 0.4) is 0 Å². The van der Waals surface area contributed by atoms with Crippen LogP contribution in [0.4, 0.5) is 4.39 Å². The first-order chi connectivity index (χ1) is 15.1. The average molecular weight is 419 g/mol. The van der Waals surface area contributed by atoms with Crippen molar-refractivity contribution in [1.29, 1.82) is 0 Å². The maximum absolute atomic E-state index is 13.4. The second kappa shape index (κ2) is 9.73. The summed E-state index contributed by atoms with van der Waals surface area (Å²) in [7, 11) is 0. The van der Waals surface area contributed by atoms with Crippen molar-refractivity contribution in [2.24, 2.45) is 0 Å². The molecule has 0 bridgehead atoms. The van der Waals surface area contributed by atoms with Gasteiger partial charge in [-0.1, -0.05) is 68.1 Å². The van der Waals surface area contributed by atoms with Crippen LogP contribution in [0, 0.1) is 5.82 Å². The van der Waals surface area contributed by atoms with Crippen molar-refractivity contribution >= 4 is 5.91 Å². The van der Waals surface area contributed by atoms with Gasteiger partial charge in [-0.25, -0.2) is 4.39 Å². The van der Waals surface area contributed by atoms with Gasteiger partial charge in [-0.05, 0) is 42.2 Å². The van der Waals surface area contributed by atoms with Crippen LogP contribution in [0.2, 0.25) is 0 Å². The monoisotopic (exact) mass is 418 g/mol. The lowest BCUT2D eigenvalue weighted by molar-refractivity contribution is 0.0932. The highest BCUT2D eigenvalue weighted by Gasteiger charge is 2.22. The number of nitrogens with zero attached hydrogens (tertiary/aromatic N) is 1. The largest absolute Gasteiger partial charge is 0.349 e. The number of rotatable bonds is 5. The minimum absolute atomic E-state index is 0.101. The number of hydrogen-bond donors (Lipinski definition) is 1. The standard InChI is InChI=1S/C26H27FN2O2/c27-21-14-12-19(13-15-21)18-29-17-16-23(20-8-4-3-5-9-20)24(26(29)31)25(30)28-22-10-6-1-2-7-11-22/h3-5,8-9,12-17,22H,1-2,6-7,10-11,18H2,(H,28,30). The lowest BCUT2D eigenvalue weighted by Crippen LogP contribution is -2.39. The van der Waals surface area contributed by atoms with Gasteiger partial charge in [0.15, 0.2) is 0 Å². The van der Waals surface area contributed by atoms with Crippen LogP contribution in [-0.4, -0.2) is 16.5 Å². The summed E-state index contributed by atoms with van der Waals surface area (Å²) in [5, 5.41) is 3.12. The van der Waals surface area contributed by atoms with E-state index in [9.17, 15) is 14.0 Å². The fraction of sp³-hybridized carbons (Fsp3) is 0.308. The predicted octanol–water partition coefficient (Wildman–Crippen LogP) is 5.16. The van der Waals surface area contributed by atoms with Crippen LogP contribution in [0.25, 0.3) is 11.1 Å². The molecule has 0 saturated heterocycles. The summed E-state index contributed by atoms with van der Waals surface area (Å²) in [6.07, 6.45) is 8.18. The lowest BCUT2D eigenvalue weighted by Gasteiger charge is -2.18. The first-order valence-electron chi connectivity index (χ1n) is 11.0. The van der Waals surface area contributed by atoms with E-state index in [1.165, 1.54) is 29.5 Å². The van der Waals surface area contributed by atoms with Crippen molar-refractivity contribution < 1.29 is 9.18 Å². The highest BCUT2D eigenvalue weighted by Crippen LogP contribution is 2.23. The molecule has 0 spiro atoms. The number of halogens is 1. The van der Waals surface area contributed by atoms with E-state index in [-0.39, 0.29) is 35.4 Å². The van der Waals surface area contributed by atoms with Crippen molar-refractivity contribution in [3.8, 4) is 11.1 Å². The molecule has 1 saturated carbocycles. The average Bonchev–Trinajstić information content (AvgIpc) is 3.05. The molecule has 0 radical (unpaired) electrons. The van der Waals surface area contributed by atoms with E-state index < -0.39 is 0 Å². The molecular formula is C26H27FN2O2. The van der Waals surface area contributed by atoms with E-state index in [0.29, 0.717) is 5.56 Å². The number of benzene rings is 2. The molecule has 2 aromatic carbocycles. The summed E-state index contributed by atoms with van der Waals surface area (Å²) >= 11 is 0. The third kappa shape index (κ3) is 5.10. The molecule has 160 valence electrons. The van der Waals surface area contributed by atoms with Crippen molar-refractivity contribution in [3.63, 3.8) is 0 Å². The van der Waals surface area contributed by atoms with Crippen LogP contribution < -0.4 is 10.9 Å². The van der Waals surface area contributed by atoms with Gasteiger partial charge in [-0.3, -0.25) is 9.59 Å². The molecule has 1 fully saturated rings. The Hall–Kier alpha value is -3.21. The fourth-order valence-electron chi connectivity index (χ4n) is 4.24. The van der Waals surface area contributed by atoms with Gasteiger partial charge in [0, 0.05) is 17.8 Å². The third-order valence-corrected chi connectivity index (χ3v) is 5.93. The normalized spacial score (nSPS) is 14.7. The van der Waals surface area contributed by atoms with Gasteiger partial charge < -0.3 is 9.88 Å². The number of aromatic nitrogens is 1. The predicted molar refractivity (Wildman–Crippen MR) is 121 cm³/mol. The Kier molecular flexibility index (Phi) is 6.60. The number of amides is 1. The zero-order chi connectivity index (χ0) is 21.6. The molecule has 1 N–H and O–H groups in total. The molecule has 5 heteroatoms. The van der Waals surface area contributed by atoms with Gasteiger partial charge in [-0.15, -0.1) is 0 Å². The highest BCUT2D eigenvalue weighted by molar-refractivity contribution is 6.00. The van der Waals surface area contributed by atoms with Crippen molar-refractivity contribution in [2.45, 2.75) is 51.1 Å². The third-order valence-electron chi connectivity index (χ3n) is 5.93. The molecule has 0 atom stereocenters. The SMILES string of the molecule is O=C(NC1CCCCCC1)c1c(-c2ccccc2)ccn(Cc2ccc(F)cc2)c1=O. The van der Waals surface area contributed by atoms with E-state index >= 15 is 0 Å². The smallest absolute Gasteiger partial charge is 0.264 e. The Morgan fingerprint density at radius 2 is 1.61 bits per heavy atom. The van der Waals surface area contributed by atoms with E-state index in [0.717, 1.165) is 36.8 Å². The maximum atomic E-state index is 13.4. The molecule has 31 heavy (non-hydrogen) atoms. The van der Waals surface area contributed by atoms with Crippen LogP contribution in [0.5, 0.6) is 0 Å². The molecule has 1 aliphatic carbocycles. The highest BCUT2D eigenvalue weighted by atomic mass is 19.1. The molecule has 1 heterocycles. The molecule has 0 unspecified atom stereocenters. The van der Waals surface area contributed by atoms with Crippen LogP contribution in [-0.2, 0) is 6.54 Å². The Bertz CT molecular complexity index is 1080. The maximum Gasteiger partial charge on any atom is 0.264 e. The first kappa shape index (κ1) is 21.0. The quantitative estimate of drug-likeness (QED) is 0.582.